The molecule has 2 aromatic rings. The van der Waals surface area contributed by atoms with Crippen molar-refractivity contribution in [1.29, 1.82) is 0 Å². The molecule has 0 radical (unpaired) electrons. The number of aromatic amines is 1. The number of H-pyrrole nitrogens is 1. The average molecular weight is 283 g/mol. The summed E-state index contributed by atoms with van der Waals surface area (Å²) in [7, 11) is 0. The molecule has 0 fully saturated rings. The number of nitrogens with zero attached hydrogens (tertiary/aromatic N) is 1. The van der Waals surface area contributed by atoms with Crippen molar-refractivity contribution in [2.75, 3.05) is 5.32 Å². The van der Waals surface area contributed by atoms with E-state index in [0.29, 0.717) is 5.69 Å². The second kappa shape index (κ2) is 4.99. The van der Waals surface area contributed by atoms with Gasteiger partial charge in [0, 0.05) is 5.69 Å². The quantitative estimate of drug-likeness (QED) is 0.888. The summed E-state index contributed by atoms with van der Waals surface area (Å²) in [5.41, 5.74) is 0.718. The molecule has 4 nitrogen and oxygen atoms in total. The third-order valence-corrected chi connectivity index (χ3v) is 2.93. The van der Waals surface area contributed by atoms with E-state index >= 15 is 0 Å². The van der Waals surface area contributed by atoms with Crippen molar-refractivity contribution in [1.82, 2.24) is 10.2 Å². The lowest BCUT2D eigenvalue weighted by Gasteiger charge is -2.09. The number of aromatic nitrogens is 2. The molecule has 0 unspecified atom stereocenters. The molecule has 2 N–H and O–H groups in total. The van der Waals surface area contributed by atoms with Crippen molar-refractivity contribution in [3.63, 3.8) is 0 Å². The van der Waals surface area contributed by atoms with Gasteiger partial charge in [0.25, 0.3) is 5.91 Å². The van der Waals surface area contributed by atoms with Crippen molar-refractivity contribution in [2.45, 2.75) is 20.0 Å². The van der Waals surface area contributed by atoms with Gasteiger partial charge in [0.15, 0.2) is 5.69 Å². The molecule has 0 aliphatic heterocycles. The molecule has 1 amide bonds. The SMILES string of the molecule is Cc1ccc(NC(=O)c2cn[nH]c2C(F)(F)F)cc1C. The fraction of sp³-hybridized carbons (Fsp3) is 0.231. The largest absolute Gasteiger partial charge is 0.433 e. The second-order valence-corrected chi connectivity index (χ2v) is 4.41. The lowest BCUT2D eigenvalue weighted by Crippen LogP contribution is -2.17. The number of anilines is 1. The molecule has 2 rings (SSSR count). The van der Waals surface area contributed by atoms with Crippen LogP contribution < -0.4 is 5.32 Å². The van der Waals surface area contributed by atoms with E-state index in [9.17, 15) is 18.0 Å². The molecule has 0 aliphatic rings. The maximum Gasteiger partial charge on any atom is 0.433 e. The third-order valence-electron chi connectivity index (χ3n) is 2.93. The Hall–Kier alpha value is -2.31. The highest BCUT2D eigenvalue weighted by molar-refractivity contribution is 6.05. The smallest absolute Gasteiger partial charge is 0.322 e. The van der Waals surface area contributed by atoms with E-state index < -0.39 is 23.3 Å². The number of benzene rings is 1. The van der Waals surface area contributed by atoms with E-state index in [-0.39, 0.29) is 0 Å². The minimum absolute atomic E-state index is 0.437. The normalized spacial score (nSPS) is 11.4. The van der Waals surface area contributed by atoms with Crippen LogP contribution in [0.2, 0.25) is 0 Å². The van der Waals surface area contributed by atoms with Crippen LogP contribution in [-0.2, 0) is 6.18 Å². The molecular formula is C13H12F3N3O. The van der Waals surface area contributed by atoms with Gasteiger partial charge in [0.05, 0.1) is 11.8 Å². The van der Waals surface area contributed by atoms with Gasteiger partial charge in [-0.15, -0.1) is 0 Å². The van der Waals surface area contributed by atoms with Gasteiger partial charge in [-0.2, -0.15) is 18.3 Å². The first kappa shape index (κ1) is 14.1. The third kappa shape index (κ3) is 2.81. The van der Waals surface area contributed by atoms with Crippen LogP contribution in [0.15, 0.2) is 24.4 Å². The van der Waals surface area contributed by atoms with Crippen LogP contribution in [0.5, 0.6) is 0 Å². The van der Waals surface area contributed by atoms with Crippen molar-refractivity contribution in [3.8, 4) is 0 Å². The molecule has 0 saturated carbocycles. The molecule has 1 aromatic carbocycles. The fourth-order valence-corrected chi connectivity index (χ4v) is 1.69. The highest BCUT2D eigenvalue weighted by Gasteiger charge is 2.37. The monoisotopic (exact) mass is 283 g/mol. The average Bonchev–Trinajstić information content (AvgIpc) is 2.83. The summed E-state index contributed by atoms with van der Waals surface area (Å²) in [4.78, 5) is 11.9. The Morgan fingerprint density at radius 3 is 2.55 bits per heavy atom. The number of aryl methyl sites for hydroxylation is 2. The van der Waals surface area contributed by atoms with E-state index in [0.717, 1.165) is 17.3 Å². The molecule has 0 spiro atoms. The van der Waals surface area contributed by atoms with Crippen LogP contribution in [0.25, 0.3) is 0 Å². The molecule has 0 aliphatic carbocycles. The van der Waals surface area contributed by atoms with Gasteiger partial charge in [-0.3, -0.25) is 9.89 Å². The number of halogens is 3. The minimum Gasteiger partial charge on any atom is -0.322 e. The first-order valence-corrected chi connectivity index (χ1v) is 5.78. The first-order valence-electron chi connectivity index (χ1n) is 5.78. The highest BCUT2D eigenvalue weighted by atomic mass is 19.4. The molecule has 0 saturated heterocycles. The molecular weight excluding hydrogens is 271 g/mol. The topological polar surface area (TPSA) is 57.8 Å². The number of carbonyl (C=O) groups is 1. The van der Waals surface area contributed by atoms with Crippen molar-refractivity contribution >= 4 is 11.6 Å². The summed E-state index contributed by atoms with van der Waals surface area (Å²) >= 11 is 0. The molecule has 1 aromatic heterocycles. The van der Waals surface area contributed by atoms with Crippen LogP contribution in [0, 0.1) is 13.8 Å². The fourth-order valence-electron chi connectivity index (χ4n) is 1.69. The molecule has 0 atom stereocenters. The zero-order valence-corrected chi connectivity index (χ0v) is 10.8. The first-order chi connectivity index (χ1) is 9.29. The predicted molar refractivity (Wildman–Crippen MR) is 67.5 cm³/mol. The van der Waals surface area contributed by atoms with Gasteiger partial charge in [-0.1, -0.05) is 6.07 Å². The number of alkyl halides is 3. The number of hydrogen-bond acceptors (Lipinski definition) is 2. The number of carbonyl (C=O) groups excluding carboxylic acids is 1. The van der Waals surface area contributed by atoms with Crippen molar-refractivity contribution < 1.29 is 18.0 Å². The summed E-state index contributed by atoms with van der Waals surface area (Å²) in [5.74, 6) is -0.852. The Labute approximate surface area is 113 Å². The van der Waals surface area contributed by atoms with E-state index in [1.807, 2.05) is 13.8 Å². The Morgan fingerprint density at radius 2 is 1.95 bits per heavy atom. The minimum atomic E-state index is -4.65. The Balaban J connectivity index is 2.25. The Morgan fingerprint density at radius 1 is 1.25 bits per heavy atom. The van der Waals surface area contributed by atoms with Crippen molar-refractivity contribution in [2.24, 2.45) is 0 Å². The van der Waals surface area contributed by atoms with Gasteiger partial charge in [-0.25, -0.2) is 0 Å². The van der Waals surface area contributed by atoms with Gasteiger partial charge < -0.3 is 5.32 Å². The molecule has 20 heavy (non-hydrogen) atoms. The maximum atomic E-state index is 12.6. The van der Waals surface area contributed by atoms with E-state index in [1.54, 1.807) is 23.3 Å². The van der Waals surface area contributed by atoms with Crippen molar-refractivity contribution in [3.05, 3.63) is 46.8 Å². The number of rotatable bonds is 2. The Kier molecular flexibility index (Phi) is 3.52. The number of amides is 1. The van der Waals surface area contributed by atoms with Gasteiger partial charge in [0.1, 0.15) is 0 Å². The van der Waals surface area contributed by atoms with Gasteiger partial charge >= 0.3 is 6.18 Å². The summed E-state index contributed by atoms with van der Waals surface area (Å²) in [6, 6.07) is 5.11. The van der Waals surface area contributed by atoms with Crippen LogP contribution in [0.1, 0.15) is 27.2 Å². The lowest BCUT2D eigenvalue weighted by molar-refractivity contribution is -0.141. The number of nitrogens with one attached hydrogen (secondary N) is 2. The summed E-state index contributed by atoms with van der Waals surface area (Å²) in [6.45, 7) is 3.75. The summed E-state index contributed by atoms with van der Waals surface area (Å²) in [6.07, 6.45) is -3.79. The number of hydrogen-bond donors (Lipinski definition) is 2. The highest BCUT2D eigenvalue weighted by Crippen LogP contribution is 2.30. The van der Waals surface area contributed by atoms with Crippen LogP contribution >= 0.6 is 0 Å². The zero-order valence-electron chi connectivity index (χ0n) is 10.8. The molecule has 7 heteroatoms. The van der Waals surface area contributed by atoms with Gasteiger partial charge in [-0.05, 0) is 37.1 Å². The predicted octanol–water partition coefficient (Wildman–Crippen LogP) is 3.30. The van der Waals surface area contributed by atoms with Crippen LogP contribution in [0.4, 0.5) is 18.9 Å². The van der Waals surface area contributed by atoms with E-state index in [2.05, 4.69) is 10.4 Å². The summed E-state index contributed by atoms with van der Waals surface area (Å²) < 4.78 is 37.9. The molecule has 106 valence electrons. The summed E-state index contributed by atoms with van der Waals surface area (Å²) in [5, 5.41) is 7.50. The Bertz CT molecular complexity index is 647. The maximum absolute atomic E-state index is 12.6. The van der Waals surface area contributed by atoms with Crippen LogP contribution in [-0.4, -0.2) is 16.1 Å². The lowest BCUT2D eigenvalue weighted by atomic mass is 10.1. The second-order valence-electron chi connectivity index (χ2n) is 4.41. The molecule has 1 heterocycles. The standard InChI is InChI=1S/C13H12F3N3O/c1-7-3-4-9(5-8(7)2)18-12(20)10-6-17-19-11(10)13(14,15)16/h3-6H,1-2H3,(H,17,19)(H,18,20). The van der Waals surface area contributed by atoms with Gasteiger partial charge in [0.2, 0.25) is 0 Å². The van der Waals surface area contributed by atoms with E-state index in [1.165, 1.54) is 0 Å². The molecule has 0 bridgehead atoms. The zero-order chi connectivity index (χ0) is 14.9. The van der Waals surface area contributed by atoms with Crippen LogP contribution in [0.3, 0.4) is 0 Å². The van der Waals surface area contributed by atoms with E-state index in [4.69, 9.17) is 0 Å².